The second-order valence-corrected chi connectivity index (χ2v) is 6.05. The summed E-state index contributed by atoms with van der Waals surface area (Å²) in [5.74, 6) is 2.46. The highest BCUT2D eigenvalue weighted by atomic mass is 16.4. The smallest absolute Gasteiger partial charge is 0.404 e. The van der Waals surface area contributed by atoms with Gasteiger partial charge in [0.1, 0.15) is 0 Å². The molecule has 90 valence electrons. The van der Waals surface area contributed by atoms with Crippen molar-refractivity contribution in [1.29, 1.82) is 0 Å². The van der Waals surface area contributed by atoms with Gasteiger partial charge < -0.3 is 10.4 Å². The molecule has 0 heterocycles. The van der Waals surface area contributed by atoms with Gasteiger partial charge in [-0.2, -0.15) is 0 Å². The zero-order valence-corrected chi connectivity index (χ0v) is 9.91. The molecule has 0 radical (unpaired) electrons. The van der Waals surface area contributed by atoms with Gasteiger partial charge in [0, 0.05) is 6.04 Å². The zero-order valence-electron chi connectivity index (χ0n) is 9.91. The molecular weight excluding hydrogens is 202 g/mol. The number of fused-ring (bicyclic) bond motifs is 1. The van der Waals surface area contributed by atoms with Crippen LogP contribution < -0.4 is 5.32 Å². The molecule has 3 fully saturated rings. The van der Waals surface area contributed by atoms with E-state index in [1.54, 1.807) is 0 Å². The molecule has 0 bridgehead atoms. The lowest BCUT2D eigenvalue weighted by atomic mass is 9.74. The number of carboxylic acid groups (broad SMARTS) is 1. The van der Waals surface area contributed by atoms with E-state index in [2.05, 4.69) is 12.2 Å². The molecule has 1 spiro atoms. The van der Waals surface area contributed by atoms with Gasteiger partial charge in [0.2, 0.25) is 0 Å². The first-order valence-electron chi connectivity index (χ1n) is 6.65. The number of amides is 1. The molecule has 1 amide bonds. The van der Waals surface area contributed by atoms with Crippen molar-refractivity contribution in [3.8, 4) is 0 Å². The predicted octanol–water partition coefficient (Wildman–Crippen LogP) is 2.86. The minimum absolute atomic E-state index is 0.247. The first kappa shape index (κ1) is 10.4. The third-order valence-electron chi connectivity index (χ3n) is 5.48. The molecule has 3 saturated carbocycles. The van der Waals surface area contributed by atoms with Crippen molar-refractivity contribution in [2.75, 3.05) is 0 Å². The molecule has 0 aromatic heterocycles. The van der Waals surface area contributed by atoms with E-state index in [0.717, 1.165) is 24.2 Å². The first-order valence-corrected chi connectivity index (χ1v) is 6.65. The van der Waals surface area contributed by atoms with Gasteiger partial charge >= 0.3 is 6.09 Å². The Morgan fingerprint density at radius 1 is 1.31 bits per heavy atom. The van der Waals surface area contributed by atoms with Crippen LogP contribution in [0.15, 0.2) is 0 Å². The van der Waals surface area contributed by atoms with E-state index >= 15 is 0 Å². The molecule has 3 aliphatic rings. The topological polar surface area (TPSA) is 49.3 Å². The van der Waals surface area contributed by atoms with Gasteiger partial charge in [-0.3, -0.25) is 0 Å². The first-order chi connectivity index (χ1) is 7.66. The summed E-state index contributed by atoms with van der Waals surface area (Å²) < 4.78 is 0. The van der Waals surface area contributed by atoms with Crippen LogP contribution >= 0.6 is 0 Å². The maximum atomic E-state index is 10.9. The van der Waals surface area contributed by atoms with E-state index in [0.29, 0.717) is 5.41 Å². The van der Waals surface area contributed by atoms with E-state index in [-0.39, 0.29) is 6.04 Å². The molecule has 3 rings (SSSR count). The van der Waals surface area contributed by atoms with Crippen molar-refractivity contribution in [2.24, 2.45) is 23.2 Å². The summed E-state index contributed by atoms with van der Waals surface area (Å²) in [7, 11) is 0. The van der Waals surface area contributed by atoms with Crippen LogP contribution in [0.4, 0.5) is 4.79 Å². The number of nitrogens with one attached hydrogen (secondary N) is 1. The molecule has 0 aromatic carbocycles. The second-order valence-electron chi connectivity index (χ2n) is 6.05. The third-order valence-corrected chi connectivity index (χ3v) is 5.48. The van der Waals surface area contributed by atoms with Gasteiger partial charge in [0.05, 0.1) is 0 Å². The second kappa shape index (κ2) is 3.38. The number of hydrogen-bond donors (Lipinski definition) is 2. The Kier molecular flexibility index (Phi) is 2.20. The monoisotopic (exact) mass is 223 g/mol. The molecule has 0 saturated heterocycles. The van der Waals surface area contributed by atoms with Gasteiger partial charge in [-0.1, -0.05) is 19.8 Å². The molecular formula is C13H21NO2. The molecule has 5 unspecified atom stereocenters. The molecule has 2 N–H and O–H groups in total. The normalized spacial score (nSPS) is 50.1. The average Bonchev–Trinajstić information content (AvgIpc) is 2.93. The lowest BCUT2D eigenvalue weighted by molar-refractivity contribution is 0.147. The fourth-order valence-electron chi connectivity index (χ4n) is 4.99. The fourth-order valence-corrected chi connectivity index (χ4v) is 4.99. The van der Waals surface area contributed by atoms with Crippen LogP contribution in [0.5, 0.6) is 0 Å². The highest BCUT2D eigenvalue weighted by molar-refractivity contribution is 5.65. The number of rotatable bonds is 1. The molecule has 3 nitrogen and oxygen atoms in total. The van der Waals surface area contributed by atoms with Crippen molar-refractivity contribution in [2.45, 2.75) is 51.5 Å². The van der Waals surface area contributed by atoms with E-state index in [1.165, 1.54) is 32.1 Å². The molecule has 5 atom stereocenters. The van der Waals surface area contributed by atoms with Gasteiger partial charge in [-0.25, -0.2) is 4.79 Å². The summed E-state index contributed by atoms with van der Waals surface area (Å²) in [6.07, 6.45) is 6.69. The van der Waals surface area contributed by atoms with Crippen LogP contribution in [0.1, 0.15) is 45.4 Å². The summed E-state index contributed by atoms with van der Waals surface area (Å²) in [6, 6.07) is 0.247. The summed E-state index contributed by atoms with van der Waals surface area (Å²) in [6.45, 7) is 2.36. The Morgan fingerprint density at radius 3 is 2.88 bits per heavy atom. The Hall–Kier alpha value is -0.730. The van der Waals surface area contributed by atoms with Crippen molar-refractivity contribution in [3.05, 3.63) is 0 Å². The van der Waals surface area contributed by atoms with Gasteiger partial charge in [-0.05, 0) is 48.9 Å². The van der Waals surface area contributed by atoms with Crippen molar-refractivity contribution < 1.29 is 9.90 Å². The van der Waals surface area contributed by atoms with E-state index in [1.807, 2.05) is 0 Å². The van der Waals surface area contributed by atoms with Crippen molar-refractivity contribution in [3.63, 3.8) is 0 Å². The van der Waals surface area contributed by atoms with Crippen LogP contribution in [0, 0.1) is 23.2 Å². The molecule has 0 aromatic rings. The minimum atomic E-state index is -0.830. The summed E-state index contributed by atoms with van der Waals surface area (Å²) >= 11 is 0. The van der Waals surface area contributed by atoms with Crippen LogP contribution in [0.25, 0.3) is 0 Å². The van der Waals surface area contributed by atoms with Crippen LogP contribution in [0.2, 0.25) is 0 Å². The number of carbonyl (C=O) groups is 1. The molecule has 3 aliphatic carbocycles. The number of hydrogen-bond acceptors (Lipinski definition) is 1. The standard InChI is InChI=1S/C13H21NO2/c1-8-5-6-10(14-12(15)16)13-7-3-2-4-9(13)11(8)13/h8-11,14H,2-7H2,1H3,(H,15,16). The summed E-state index contributed by atoms with van der Waals surface area (Å²) in [5.41, 5.74) is 0.369. The lowest BCUT2D eigenvalue weighted by Gasteiger charge is -2.36. The minimum Gasteiger partial charge on any atom is -0.465 e. The highest BCUT2D eigenvalue weighted by Gasteiger charge is 2.70. The van der Waals surface area contributed by atoms with E-state index < -0.39 is 6.09 Å². The summed E-state index contributed by atoms with van der Waals surface area (Å²) in [5, 5.41) is 11.7. The van der Waals surface area contributed by atoms with E-state index in [4.69, 9.17) is 5.11 Å². The van der Waals surface area contributed by atoms with E-state index in [9.17, 15) is 4.79 Å². The molecule has 16 heavy (non-hydrogen) atoms. The quantitative estimate of drug-likeness (QED) is 0.718. The Morgan fingerprint density at radius 2 is 2.12 bits per heavy atom. The summed E-state index contributed by atoms with van der Waals surface area (Å²) in [4.78, 5) is 10.9. The third kappa shape index (κ3) is 1.23. The highest BCUT2D eigenvalue weighted by Crippen LogP contribution is 2.73. The maximum Gasteiger partial charge on any atom is 0.404 e. The zero-order chi connectivity index (χ0) is 11.3. The Labute approximate surface area is 96.6 Å². The Balaban J connectivity index is 1.83. The lowest BCUT2D eigenvalue weighted by Crippen LogP contribution is -2.45. The van der Waals surface area contributed by atoms with Crippen LogP contribution in [-0.4, -0.2) is 17.2 Å². The molecule has 3 heteroatoms. The van der Waals surface area contributed by atoms with Crippen molar-refractivity contribution in [1.82, 2.24) is 5.32 Å². The SMILES string of the molecule is CC1CCC(NC(=O)O)C23CCCCC2C13. The van der Waals surface area contributed by atoms with Gasteiger partial charge in [0.15, 0.2) is 0 Å². The van der Waals surface area contributed by atoms with Crippen LogP contribution in [-0.2, 0) is 0 Å². The van der Waals surface area contributed by atoms with Gasteiger partial charge in [-0.15, -0.1) is 0 Å². The average molecular weight is 223 g/mol. The largest absolute Gasteiger partial charge is 0.465 e. The molecule has 0 aliphatic heterocycles. The van der Waals surface area contributed by atoms with Crippen molar-refractivity contribution >= 4 is 6.09 Å². The predicted molar refractivity (Wildman–Crippen MR) is 61.2 cm³/mol. The van der Waals surface area contributed by atoms with Crippen LogP contribution in [0.3, 0.4) is 0 Å². The fraction of sp³-hybridized carbons (Fsp3) is 0.923. The Bertz CT molecular complexity index is 317. The maximum absolute atomic E-state index is 10.9. The van der Waals surface area contributed by atoms with Gasteiger partial charge in [0.25, 0.3) is 0 Å².